The first-order valence-electron chi connectivity index (χ1n) is 10.0. The maximum absolute atomic E-state index is 13.0. The van der Waals surface area contributed by atoms with Crippen molar-refractivity contribution in [3.8, 4) is 0 Å². The van der Waals surface area contributed by atoms with Gasteiger partial charge < -0.3 is 15.0 Å². The Labute approximate surface area is 164 Å². The highest BCUT2D eigenvalue weighted by Gasteiger charge is 2.28. The van der Waals surface area contributed by atoms with Crippen LogP contribution in [-0.2, 0) is 16.0 Å². The second-order valence-corrected chi connectivity index (χ2v) is 7.79. The van der Waals surface area contributed by atoms with E-state index in [4.69, 9.17) is 9.72 Å². The fraction of sp³-hybridized carbons (Fsp3) is 0.524. The molecule has 7 heteroatoms. The number of ether oxygens (including phenoxy) is 1. The third-order valence-corrected chi connectivity index (χ3v) is 5.94. The van der Waals surface area contributed by atoms with Gasteiger partial charge in [0, 0.05) is 47.1 Å². The fourth-order valence-corrected chi connectivity index (χ4v) is 3.72. The lowest BCUT2D eigenvalue weighted by molar-refractivity contribution is -0.142. The van der Waals surface area contributed by atoms with Crippen LogP contribution >= 0.6 is 0 Å². The third kappa shape index (κ3) is 3.93. The van der Waals surface area contributed by atoms with Crippen molar-refractivity contribution in [2.24, 2.45) is 0 Å². The Hall–Kier alpha value is -2.70. The van der Waals surface area contributed by atoms with Crippen molar-refractivity contribution in [2.75, 3.05) is 7.11 Å². The molecule has 4 rings (SSSR count). The molecule has 0 aromatic carbocycles. The first-order valence-corrected chi connectivity index (χ1v) is 10.0. The number of carbonyl (C=O) groups excluding carboxylic acids is 2. The van der Waals surface area contributed by atoms with Gasteiger partial charge in [0.1, 0.15) is 6.04 Å². The molecule has 2 aromatic heterocycles. The Morgan fingerprint density at radius 3 is 2.29 bits per heavy atom. The zero-order valence-corrected chi connectivity index (χ0v) is 16.1. The summed E-state index contributed by atoms with van der Waals surface area (Å²) in [4.78, 5) is 37.0. The van der Waals surface area contributed by atoms with Crippen LogP contribution in [0.15, 0.2) is 24.7 Å². The van der Waals surface area contributed by atoms with Gasteiger partial charge >= 0.3 is 5.97 Å². The summed E-state index contributed by atoms with van der Waals surface area (Å²) in [5.41, 5.74) is 3.38. The molecule has 7 nitrogen and oxygen atoms in total. The fourth-order valence-electron chi connectivity index (χ4n) is 3.72. The molecule has 1 amide bonds. The molecule has 2 fully saturated rings. The van der Waals surface area contributed by atoms with Gasteiger partial charge in [0.25, 0.3) is 5.91 Å². The van der Waals surface area contributed by atoms with E-state index in [1.54, 1.807) is 12.5 Å². The van der Waals surface area contributed by atoms with Crippen molar-refractivity contribution in [1.82, 2.24) is 20.3 Å². The largest absolute Gasteiger partial charge is 0.467 e. The smallest absolute Gasteiger partial charge is 0.328 e. The van der Waals surface area contributed by atoms with Crippen LogP contribution in [0, 0.1) is 0 Å². The second-order valence-electron chi connectivity index (χ2n) is 7.79. The van der Waals surface area contributed by atoms with Gasteiger partial charge in [-0.05, 0) is 37.8 Å². The van der Waals surface area contributed by atoms with E-state index in [0.717, 1.165) is 42.8 Å². The van der Waals surface area contributed by atoms with E-state index in [-0.39, 0.29) is 5.91 Å². The van der Waals surface area contributed by atoms with E-state index in [1.807, 2.05) is 12.1 Å². The van der Waals surface area contributed by atoms with Crippen molar-refractivity contribution < 1.29 is 14.3 Å². The molecule has 0 spiro atoms. The molecule has 2 aliphatic rings. The Morgan fingerprint density at radius 2 is 1.82 bits per heavy atom. The second kappa shape index (κ2) is 8.12. The lowest BCUT2D eigenvalue weighted by atomic mass is 9.79. The molecule has 0 unspecified atom stereocenters. The minimum Gasteiger partial charge on any atom is -0.467 e. The molecule has 0 aliphatic heterocycles. The Balaban J connectivity index is 1.55. The Bertz CT molecular complexity index is 809. The van der Waals surface area contributed by atoms with E-state index in [2.05, 4.69) is 15.3 Å². The average molecular weight is 382 g/mol. The molecular weight excluding hydrogens is 356 g/mol. The first kappa shape index (κ1) is 18.7. The average Bonchev–Trinajstić information content (AvgIpc) is 3.10. The predicted molar refractivity (Wildman–Crippen MR) is 103 cm³/mol. The number of H-pyrrole nitrogens is 1. The van der Waals surface area contributed by atoms with E-state index in [1.165, 1.54) is 20.0 Å². The van der Waals surface area contributed by atoms with Gasteiger partial charge in [-0.2, -0.15) is 0 Å². The number of nitrogens with zero attached hydrogens (tertiary/aromatic N) is 2. The molecule has 0 radical (unpaired) electrons. The van der Waals surface area contributed by atoms with Gasteiger partial charge in [0.15, 0.2) is 0 Å². The summed E-state index contributed by atoms with van der Waals surface area (Å²) in [6, 6.07) is 3.02. The van der Waals surface area contributed by atoms with Crippen molar-refractivity contribution in [2.45, 2.75) is 62.8 Å². The van der Waals surface area contributed by atoms with Crippen LogP contribution in [0.5, 0.6) is 0 Å². The molecule has 0 bridgehead atoms. The zero-order valence-electron chi connectivity index (χ0n) is 16.1. The molecule has 2 N–H and O–H groups in total. The monoisotopic (exact) mass is 382 g/mol. The number of esters is 1. The number of hydrogen-bond acceptors (Lipinski definition) is 5. The number of aromatic amines is 1. The molecule has 1 atom stereocenters. The zero-order chi connectivity index (χ0) is 19.5. The van der Waals surface area contributed by atoms with E-state index < -0.39 is 12.0 Å². The number of nitrogens with one attached hydrogen (secondary N) is 2. The van der Waals surface area contributed by atoms with Crippen molar-refractivity contribution in [3.05, 3.63) is 47.3 Å². The minimum atomic E-state index is -0.773. The van der Waals surface area contributed by atoms with Crippen molar-refractivity contribution in [3.63, 3.8) is 0 Å². The van der Waals surface area contributed by atoms with Crippen LogP contribution in [0.25, 0.3) is 0 Å². The van der Waals surface area contributed by atoms with Gasteiger partial charge in [-0.1, -0.05) is 12.8 Å². The summed E-state index contributed by atoms with van der Waals surface area (Å²) in [5.74, 6) is 0.162. The maximum Gasteiger partial charge on any atom is 0.328 e. The van der Waals surface area contributed by atoms with Crippen LogP contribution in [0.4, 0.5) is 0 Å². The molecular formula is C21H26N4O3. The number of carbonyl (C=O) groups is 2. The highest BCUT2D eigenvalue weighted by Crippen LogP contribution is 2.39. The van der Waals surface area contributed by atoms with E-state index in [9.17, 15) is 9.59 Å². The van der Waals surface area contributed by atoms with Gasteiger partial charge in [0.05, 0.1) is 13.4 Å². The number of pyridine rings is 1. The van der Waals surface area contributed by atoms with Crippen LogP contribution in [0.1, 0.15) is 77.8 Å². The lowest BCUT2D eigenvalue weighted by Gasteiger charge is -2.29. The standard InChI is InChI=1S/C21H26N4O3/c1-28-21(27)19(10-16-11-22-12-23-16)25-20(26)15-8-17(13-4-2-5-13)24-18(9-15)14-6-3-7-14/h8-9,11-14,19H,2-7,10H2,1H3,(H,22,23)(H,25,26)/t19-/m1/s1. The number of hydrogen-bond donors (Lipinski definition) is 2. The summed E-state index contributed by atoms with van der Waals surface area (Å²) in [7, 11) is 1.32. The minimum absolute atomic E-state index is 0.265. The molecule has 2 aromatic rings. The normalized spacial score (nSPS) is 18.0. The molecule has 2 saturated carbocycles. The van der Waals surface area contributed by atoms with Crippen LogP contribution in [0.2, 0.25) is 0 Å². The molecule has 148 valence electrons. The van der Waals surface area contributed by atoms with Crippen molar-refractivity contribution in [1.29, 1.82) is 0 Å². The highest BCUT2D eigenvalue weighted by atomic mass is 16.5. The first-order chi connectivity index (χ1) is 13.6. The molecule has 0 saturated heterocycles. The topological polar surface area (TPSA) is 97.0 Å². The van der Waals surface area contributed by atoms with Crippen LogP contribution in [0.3, 0.4) is 0 Å². The molecule has 2 heterocycles. The summed E-state index contributed by atoms with van der Waals surface area (Å²) < 4.78 is 4.87. The summed E-state index contributed by atoms with van der Waals surface area (Å²) in [6.07, 6.45) is 10.4. The summed E-state index contributed by atoms with van der Waals surface area (Å²) in [5, 5.41) is 2.84. The number of imidazole rings is 1. The molecule has 28 heavy (non-hydrogen) atoms. The van der Waals surface area contributed by atoms with Crippen molar-refractivity contribution >= 4 is 11.9 Å². The van der Waals surface area contributed by atoms with Gasteiger partial charge in [-0.25, -0.2) is 9.78 Å². The van der Waals surface area contributed by atoms with Crippen LogP contribution in [-0.4, -0.2) is 40.0 Å². The van der Waals surface area contributed by atoms with Crippen LogP contribution < -0.4 is 5.32 Å². The number of amides is 1. The van der Waals surface area contributed by atoms with Gasteiger partial charge in [-0.15, -0.1) is 0 Å². The van der Waals surface area contributed by atoms with Gasteiger partial charge in [0.2, 0.25) is 0 Å². The summed E-state index contributed by atoms with van der Waals surface area (Å²) in [6.45, 7) is 0. The Kier molecular flexibility index (Phi) is 5.41. The number of aromatic nitrogens is 3. The number of methoxy groups -OCH3 is 1. The maximum atomic E-state index is 13.0. The molecule has 2 aliphatic carbocycles. The quantitative estimate of drug-likeness (QED) is 0.718. The van der Waals surface area contributed by atoms with Gasteiger partial charge in [-0.3, -0.25) is 9.78 Å². The highest BCUT2D eigenvalue weighted by molar-refractivity contribution is 5.97. The van der Waals surface area contributed by atoms with E-state index in [0.29, 0.717) is 23.8 Å². The number of rotatable bonds is 7. The Morgan fingerprint density at radius 1 is 1.18 bits per heavy atom. The summed E-state index contributed by atoms with van der Waals surface area (Å²) >= 11 is 0. The third-order valence-electron chi connectivity index (χ3n) is 5.94. The SMILES string of the molecule is COC(=O)[C@@H](Cc1cnc[nH]1)NC(=O)c1cc(C2CCC2)nc(C2CCC2)c1. The predicted octanol–water partition coefficient (Wildman–Crippen LogP) is 2.85. The lowest BCUT2D eigenvalue weighted by Crippen LogP contribution is -2.43. The van der Waals surface area contributed by atoms with E-state index >= 15 is 0 Å².